The van der Waals surface area contributed by atoms with E-state index in [1.807, 2.05) is 6.92 Å². The van der Waals surface area contributed by atoms with E-state index in [1.54, 1.807) is 72.8 Å². The fourth-order valence-corrected chi connectivity index (χ4v) is 3.16. The van der Waals surface area contributed by atoms with Crippen LogP contribution < -0.4 is 25.0 Å². The average molecular weight is 518 g/mol. The zero-order valence-corrected chi connectivity index (χ0v) is 21.4. The molecule has 2 N–H and O–H groups in total. The molecule has 9 heteroatoms. The van der Waals surface area contributed by atoms with Crippen LogP contribution >= 0.6 is 0 Å². The first-order chi connectivity index (χ1) is 18.5. The maximum absolute atomic E-state index is 12.4. The Labute approximate surface area is 221 Å². The fourth-order valence-electron chi connectivity index (χ4n) is 3.16. The fraction of sp³-hybridized carbons (Fsp3) is 0.241. The van der Waals surface area contributed by atoms with Gasteiger partial charge in [0, 0.05) is 5.56 Å². The normalized spacial score (nSPS) is 10.6. The van der Waals surface area contributed by atoms with Gasteiger partial charge in [0.05, 0.1) is 31.5 Å². The summed E-state index contributed by atoms with van der Waals surface area (Å²) in [4.78, 5) is 36.5. The van der Waals surface area contributed by atoms with Crippen LogP contribution in [0.15, 0.2) is 77.9 Å². The SMILES string of the molecule is CCCCOc1ccc(C(=O)Oc2ccc(/C=N/NC(=O)CNC(=O)c3ccc(OCC)cc3)cc2)cc1. The summed E-state index contributed by atoms with van der Waals surface area (Å²) < 4.78 is 16.3. The van der Waals surface area contributed by atoms with Gasteiger partial charge >= 0.3 is 5.97 Å². The zero-order valence-electron chi connectivity index (χ0n) is 21.4. The molecule has 3 rings (SSSR count). The van der Waals surface area contributed by atoms with Crippen LogP contribution in [0.3, 0.4) is 0 Å². The first kappa shape index (κ1) is 27.9. The predicted octanol–water partition coefficient (Wildman–Crippen LogP) is 4.36. The number of ether oxygens (including phenoxy) is 3. The highest BCUT2D eigenvalue weighted by Crippen LogP contribution is 2.17. The quantitative estimate of drug-likeness (QED) is 0.114. The number of nitrogens with zero attached hydrogens (tertiary/aromatic N) is 1. The van der Waals surface area contributed by atoms with Crippen LogP contribution in [0.2, 0.25) is 0 Å². The molecule has 3 aromatic carbocycles. The zero-order chi connectivity index (χ0) is 27.2. The van der Waals surface area contributed by atoms with Gasteiger partial charge in [-0.15, -0.1) is 0 Å². The van der Waals surface area contributed by atoms with Gasteiger partial charge < -0.3 is 19.5 Å². The average Bonchev–Trinajstić information content (AvgIpc) is 2.94. The molecule has 198 valence electrons. The van der Waals surface area contributed by atoms with E-state index in [1.165, 1.54) is 6.21 Å². The molecule has 0 spiro atoms. The summed E-state index contributed by atoms with van der Waals surface area (Å²) in [7, 11) is 0. The molecule has 3 aromatic rings. The second-order valence-electron chi connectivity index (χ2n) is 8.12. The first-order valence-corrected chi connectivity index (χ1v) is 12.4. The van der Waals surface area contributed by atoms with Crippen molar-refractivity contribution in [3.63, 3.8) is 0 Å². The van der Waals surface area contributed by atoms with Crippen molar-refractivity contribution in [3.8, 4) is 17.2 Å². The minimum Gasteiger partial charge on any atom is -0.494 e. The molecule has 0 bridgehead atoms. The van der Waals surface area contributed by atoms with Crippen molar-refractivity contribution in [1.29, 1.82) is 0 Å². The molecule has 0 saturated carbocycles. The molecular weight excluding hydrogens is 486 g/mol. The van der Waals surface area contributed by atoms with Crippen LogP contribution in [0, 0.1) is 0 Å². The highest BCUT2D eigenvalue weighted by atomic mass is 16.5. The maximum atomic E-state index is 12.4. The van der Waals surface area contributed by atoms with E-state index in [4.69, 9.17) is 14.2 Å². The summed E-state index contributed by atoms with van der Waals surface area (Å²) in [6.07, 6.45) is 3.46. The van der Waals surface area contributed by atoms with Crippen LogP contribution in [-0.4, -0.2) is 43.8 Å². The van der Waals surface area contributed by atoms with Crippen LogP contribution in [0.25, 0.3) is 0 Å². The summed E-state index contributed by atoms with van der Waals surface area (Å²) >= 11 is 0. The second-order valence-corrected chi connectivity index (χ2v) is 8.12. The minimum atomic E-state index is -0.480. The second kappa shape index (κ2) is 14.8. The predicted molar refractivity (Wildman–Crippen MR) is 144 cm³/mol. The van der Waals surface area contributed by atoms with E-state index >= 15 is 0 Å². The third-order valence-electron chi connectivity index (χ3n) is 5.19. The van der Waals surface area contributed by atoms with Crippen molar-refractivity contribution in [3.05, 3.63) is 89.5 Å². The van der Waals surface area contributed by atoms with Crippen molar-refractivity contribution < 1.29 is 28.6 Å². The standard InChI is InChI=1S/C29H31N3O6/c1-3-5-18-37-25-16-10-23(11-17-25)29(35)38-26-12-6-21(7-13-26)19-31-32-27(33)20-30-28(34)22-8-14-24(15-9-22)36-4-2/h6-17,19H,3-5,18,20H2,1-2H3,(H,30,34)(H,32,33)/b31-19+. The topological polar surface area (TPSA) is 115 Å². The molecule has 0 fully saturated rings. The molecular formula is C29H31N3O6. The number of carbonyl (C=O) groups excluding carboxylic acids is 3. The molecule has 2 amide bonds. The smallest absolute Gasteiger partial charge is 0.343 e. The van der Waals surface area contributed by atoms with Crippen molar-refractivity contribution in [2.45, 2.75) is 26.7 Å². The number of amides is 2. The third kappa shape index (κ3) is 9.09. The van der Waals surface area contributed by atoms with Crippen LogP contribution in [0.5, 0.6) is 17.2 Å². The molecule has 0 heterocycles. The Hall–Kier alpha value is -4.66. The lowest BCUT2D eigenvalue weighted by Gasteiger charge is -2.07. The molecule has 0 aliphatic rings. The van der Waals surface area contributed by atoms with Gasteiger partial charge in [-0.2, -0.15) is 5.10 Å². The molecule has 0 atom stereocenters. The number of carbonyl (C=O) groups is 3. The molecule has 0 saturated heterocycles. The molecule has 0 unspecified atom stereocenters. The summed E-state index contributed by atoms with van der Waals surface area (Å²) in [5.41, 5.74) is 3.86. The van der Waals surface area contributed by atoms with Gasteiger partial charge in [-0.1, -0.05) is 13.3 Å². The molecule has 0 aromatic heterocycles. The molecule has 0 radical (unpaired) electrons. The lowest BCUT2D eigenvalue weighted by molar-refractivity contribution is -0.120. The number of nitrogens with one attached hydrogen (secondary N) is 2. The number of rotatable bonds is 13. The number of unbranched alkanes of at least 4 members (excludes halogenated alkanes) is 1. The van der Waals surface area contributed by atoms with Crippen molar-refractivity contribution >= 4 is 24.0 Å². The highest BCUT2D eigenvalue weighted by Gasteiger charge is 2.10. The van der Waals surface area contributed by atoms with Crippen LogP contribution in [0.4, 0.5) is 0 Å². The molecule has 38 heavy (non-hydrogen) atoms. The Bertz CT molecular complexity index is 1220. The van der Waals surface area contributed by atoms with E-state index in [2.05, 4.69) is 22.8 Å². The van der Waals surface area contributed by atoms with Crippen molar-refractivity contribution in [1.82, 2.24) is 10.7 Å². The highest BCUT2D eigenvalue weighted by molar-refractivity contribution is 5.96. The summed E-state index contributed by atoms with van der Waals surface area (Å²) in [6, 6.07) is 20.1. The lowest BCUT2D eigenvalue weighted by Crippen LogP contribution is -2.34. The molecule has 0 aliphatic carbocycles. The number of esters is 1. The number of hydrogen-bond acceptors (Lipinski definition) is 7. The van der Waals surface area contributed by atoms with Crippen molar-refractivity contribution in [2.75, 3.05) is 19.8 Å². The van der Waals surface area contributed by atoms with E-state index < -0.39 is 11.9 Å². The monoisotopic (exact) mass is 517 g/mol. The van der Waals surface area contributed by atoms with E-state index in [0.29, 0.717) is 47.2 Å². The van der Waals surface area contributed by atoms with Gasteiger partial charge in [0.25, 0.3) is 11.8 Å². The Balaban J connectivity index is 1.41. The van der Waals surface area contributed by atoms with E-state index in [0.717, 1.165) is 12.8 Å². The summed E-state index contributed by atoms with van der Waals surface area (Å²) in [6.45, 7) is 4.91. The first-order valence-electron chi connectivity index (χ1n) is 12.4. The molecule has 9 nitrogen and oxygen atoms in total. The van der Waals surface area contributed by atoms with E-state index in [9.17, 15) is 14.4 Å². The van der Waals surface area contributed by atoms with Gasteiger partial charge in [0.2, 0.25) is 0 Å². The largest absolute Gasteiger partial charge is 0.494 e. The number of hydrogen-bond donors (Lipinski definition) is 2. The Morgan fingerprint density at radius 1 is 0.789 bits per heavy atom. The van der Waals surface area contributed by atoms with Gasteiger partial charge in [-0.25, -0.2) is 10.2 Å². The Morgan fingerprint density at radius 2 is 1.39 bits per heavy atom. The van der Waals surface area contributed by atoms with E-state index in [-0.39, 0.29) is 12.5 Å². The summed E-state index contributed by atoms with van der Waals surface area (Å²) in [5.74, 6) is 0.408. The minimum absolute atomic E-state index is 0.232. The maximum Gasteiger partial charge on any atom is 0.343 e. The van der Waals surface area contributed by atoms with Gasteiger partial charge in [-0.3, -0.25) is 9.59 Å². The number of benzene rings is 3. The van der Waals surface area contributed by atoms with Crippen LogP contribution in [-0.2, 0) is 4.79 Å². The lowest BCUT2D eigenvalue weighted by atomic mass is 10.2. The summed E-state index contributed by atoms with van der Waals surface area (Å²) in [5, 5.41) is 6.42. The van der Waals surface area contributed by atoms with Gasteiger partial charge in [0.1, 0.15) is 17.2 Å². The molecule has 0 aliphatic heterocycles. The number of hydrazone groups is 1. The van der Waals surface area contributed by atoms with Crippen LogP contribution in [0.1, 0.15) is 53.0 Å². The van der Waals surface area contributed by atoms with Gasteiger partial charge in [0.15, 0.2) is 0 Å². The van der Waals surface area contributed by atoms with Gasteiger partial charge in [-0.05, 0) is 91.7 Å². The van der Waals surface area contributed by atoms with Crippen molar-refractivity contribution in [2.24, 2.45) is 5.10 Å². The Kier molecular flexibility index (Phi) is 10.9. The Morgan fingerprint density at radius 3 is 2.03 bits per heavy atom. The third-order valence-corrected chi connectivity index (χ3v) is 5.19.